The summed E-state index contributed by atoms with van der Waals surface area (Å²) in [6, 6.07) is 8.37. The molecule has 0 amide bonds. The summed E-state index contributed by atoms with van der Waals surface area (Å²) in [4.78, 5) is 13.8. The van der Waals surface area contributed by atoms with E-state index in [9.17, 15) is 0 Å². The van der Waals surface area contributed by atoms with Crippen LogP contribution >= 0.6 is 0 Å². The van der Waals surface area contributed by atoms with Crippen molar-refractivity contribution in [3.05, 3.63) is 42.4 Å². The van der Waals surface area contributed by atoms with Gasteiger partial charge in [0.15, 0.2) is 0 Å². The Bertz CT molecular complexity index is 875. The number of likely N-dealkylation sites (N-methyl/N-ethyl adjacent to an activating group) is 1. The number of fused-ring (bicyclic) bond motifs is 1. The van der Waals surface area contributed by atoms with Crippen LogP contribution in [0.4, 0.5) is 17.3 Å². The van der Waals surface area contributed by atoms with Gasteiger partial charge in [0.25, 0.3) is 0 Å². The minimum Gasteiger partial charge on any atom is -0.368 e. The zero-order chi connectivity index (χ0) is 17.4. The maximum atomic E-state index is 4.56. The number of hydrogen-bond donors (Lipinski definition) is 1. The zero-order valence-corrected chi connectivity index (χ0v) is 15.0. The zero-order valence-electron chi connectivity index (χ0n) is 15.0. The third-order valence-electron chi connectivity index (χ3n) is 5.04. The molecule has 6 heteroatoms. The molecule has 0 bridgehead atoms. The Morgan fingerprint density at radius 3 is 2.40 bits per heavy atom. The summed E-state index contributed by atoms with van der Waals surface area (Å²) < 4.78 is 2.17. The van der Waals surface area contributed by atoms with Crippen LogP contribution in [0.3, 0.4) is 0 Å². The molecule has 0 aromatic carbocycles. The molecule has 0 aliphatic carbocycles. The van der Waals surface area contributed by atoms with Crippen LogP contribution in [-0.4, -0.2) is 52.7 Å². The first-order valence-corrected chi connectivity index (χ1v) is 8.69. The third kappa shape index (κ3) is 3.17. The molecule has 0 radical (unpaired) electrons. The SMILES string of the molecule is Cc1cc2cnc(Nc3ccc(N4CCN(C)CC4)cn3)cc2n1C. The van der Waals surface area contributed by atoms with Crippen LogP contribution in [0.2, 0.25) is 0 Å². The van der Waals surface area contributed by atoms with Gasteiger partial charge >= 0.3 is 0 Å². The summed E-state index contributed by atoms with van der Waals surface area (Å²) in [6.45, 7) is 6.40. The van der Waals surface area contributed by atoms with Gasteiger partial charge in [0.1, 0.15) is 11.6 Å². The molecule has 3 aromatic rings. The van der Waals surface area contributed by atoms with E-state index in [4.69, 9.17) is 0 Å². The van der Waals surface area contributed by atoms with Crippen LogP contribution in [0.1, 0.15) is 5.69 Å². The van der Waals surface area contributed by atoms with Crippen LogP contribution in [0.25, 0.3) is 10.9 Å². The molecule has 6 nitrogen and oxygen atoms in total. The molecular weight excluding hydrogens is 312 g/mol. The van der Waals surface area contributed by atoms with Gasteiger partial charge in [-0.15, -0.1) is 0 Å². The fourth-order valence-corrected chi connectivity index (χ4v) is 3.28. The Morgan fingerprint density at radius 2 is 1.68 bits per heavy atom. The molecule has 0 atom stereocenters. The lowest BCUT2D eigenvalue weighted by molar-refractivity contribution is 0.313. The number of anilines is 3. The molecule has 0 unspecified atom stereocenters. The van der Waals surface area contributed by atoms with Crippen molar-refractivity contribution in [1.82, 2.24) is 19.4 Å². The van der Waals surface area contributed by atoms with Crippen molar-refractivity contribution in [2.45, 2.75) is 6.92 Å². The highest BCUT2D eigenvalue weighted by atomic mass is 15.2. The second-order valence-corrected chi connectivity index (χ2v) is 6.79. The quantitative estimate of drug-likeness (QED) is 0.797. The van der Waals surface area contributed by atoms with Gasteiger partial charge in [0.05, 0.1) is 17.4 Å². The molecule has 1 saturated heterocycles. The van der Waals surface area contributed by atoms with E-state index in [0.29, 0.717) is 0 Å². The number of aromatic nitrogens is 3. The first kappa shape index (κ1) is 15.9. The van der Waals surface area contributed by atoms with Crippen LogP contribution in [0.15, 0.2) is 36.7 Å². The lowest BCUT2D eigenvalue weighted by Gasteiger charge is -2.33. The van der Waals surface area contributed by atoms with Gasteiger partial charge in [-0.05, 0) is 32.2 Å². The molecule has 3 aromatic heterocycles. The number of nitrogens with zero attached hydrogens (tertiary/aromatic N) is 5. The van der Waals surface area contributed by atoms with Crippen molar-refractivity contribution in [2.24, 2.45) is 7.05 Å². The highest BCUT2D eigenvalue weighted by Crippen LogP contribution is 2.23. The van der Waals surface area contributed by atoms with E-state index < -0.39 is 0 Å². The molecule has 1 aliphatic heterocycles. The predicted molar refractivity (Wildman–Crippen MR) is 103 cm³/mol. The van der Waals surface area contributed by atoms with E-state index in [-0.39, 0.29) is 0 Å². The number of nitrogens with one attached hydrogen (secondary N) is 1. The van der Waals surface area contributed by atoms with Gasteiger partial charge in [0, 0.05) is 56.6 Å². The Hall–Kier alpha value is -2.60. The minimum absolute atomic E-state index is 0.813. The topological polar surface area (TPSA) is 49.2 Å². The van der Waals surface area contributed by atoms with E-state index in [2.05, 4.69) is 68.9 Å². The summed E-state index contributed by atoms with van der Waals surface area (Å²) in [5.41, 5.74) is 3.58. The second kappa shape index (κ2) is 6.37. The summed E-state index contributed by atoms with van der Waals surface area (Å²) in [7, 11) is 4.24. The maximum absolute atomic E-state index is 4.56. The van der Waals surface area contributed by atoms with E-state index >= 15 is 0 Å². The van der Waals surface area contributed by atoms with Crippen molar-refractivity contribution in [1.29, 1.82) is 0 Å². The van der Waals surface area contributed by atoms with Gasteiger partial charge in [-0.2, -0.15) is 0 Å². The predicted octanol–water partition coefficient (Wildman–Crippen LogP) is 2.77. The number of hydrogen-bond acceptors (Lipinski definition) is 5. The Morgan fingerprint density at radius 1 is 0.920 bits per heavy atom. The fourth-order valence-electron chi connectivity index (χ4n) is 3.28. The van der Waals surface area contributed by atoms with Gasteiger partial charge in [-0.3, -0.25) is 0 Å². The lowest BCUT2D eigenvalue weighted by atomic mass is 10.3. The van der Waals surface area contributed by atoms with E-state index in [1.165, 1.54) is 16.9 Å². The van der Waals surface area contributed by atoms with Gasteiger partial charge in [0.2, 0.25) is 0 Å². The first-order chi connectivity index (χ1) is 12.1. The molecule has 1 fully saturated rings. The first-order valence-electron chi connectivity index (χ1n) is 8.69. The van der Waals surface area contributed by atoms with Crippen molar-refractivity contribution in [2.75, 3.05) is 43.4 Å². The minimum atomic E-state index is 0.813. The Balaban J connectivity index is 1.50. The molecule has 25 heavy (non-hydrogen) atoms. The van der Waals surface area contributed by atoms with E-state index in [1.54, 1.807) is 0 Å². The van der Waals surface area contributed by atoms with Crippen molar-refractivity contribution >= 4 is 28.2 Å². The number of aryl methyl sites for hydroxylation is 2. The molecule has 0 spiro atoms. The molecule has 4 rings (SSSR count). The smallest absolute Gasteiger partial charge is 0.133 e. The molecule has 4 heterocycles. The number of piperazine rings is 1. The Kier molecular flexibility index (Phi) is 4.05. The number of pyridine rings is 2. The highest BCUT2D eigenvalue weighted by molar-refractivity contribution is 5.83. The summed E-state index contributed by atoms with van der Waals surface area (Å²) >= 11 is 0. The van der Waals surface area contributed by atoms with Crippen molar-refractivity contribution in [3.63, 3.8) is 0 Å². The molecule has 130 valence electrons. The summed E-state index contributed by atoms with van der Waals surface area (Å²) in [6.07, 6.45) is 3.85. The molecule has 1 N–H and O–H groups in total. The largest absolute Gasteiger partial charge is 0.368 e. The maximum Gasteiger partial charge on any atom is 0.133 e. The summed E-state index contributed by atoms with van der Waals surface area (Å²) in [5.74, 6) is 1.63. The standard InChI is InChI=1S/C19H24N6/c1-14-10-15-12-20-19(11-17(15)24(14)3)22-18-5-4-16(13-21-18)25-8-6-23(2)7-9-25/h4-5,10-13H,6-9H2,1-3H3,(H,20,21,22). The van der Waals surface area contributed by atoms with Crippen LogP contribution in [0, 0.1) is 6.92 Å². The normalized spacial score (nSPS) is 15.7. The van der Waals surface area contributed by atoms with E-state index in [0.717, 1.165) is 43.2 Å². The van der Waals surface area contributed by atoms with E-state index in [1.807, 2.05) is 18.5 Å². The average molecular weight is 336 g/mol. The second-order valence-electron chi connectivity index (χ2n) is 6.79. The van der Waals surface area contributed by atoms with Crippen LogP contribution in [0.5, 0.6) is 0 Å². The molecular formula is C19H24N6. The fraction of sp³-hybridized carbons (Fsp3) is 0.368. The lowest BCUT2D eigenvalue weighted by Crippen LogP contribution is -2.44. The summed E-state index contributed by atoms with van der Waals surface area (Å²) in [5, 5.41) is 4.46. The Labute approximate surface area is 148 Å². The highest BCUT2D eigenvalue weighted by Gasteiger charge is 2.14. The monoisotopic (exact) mass is 336 g/mol. The van der Waals surface area contributed by atoms with Gasteiger partial charge < -0.3 is 19.7 Å². The molecule has 0 saturated carbocycles. The van der Waals surface area contributed by atoms with Crippen LogP contribution < -0.4 is 10.2 Å². The van der Waals surface area contributed by atoms with Crippen molar-refractivity contribution in [3.8, 4) is 0 Å². The van der Waals surface area contributed by atoms with Crippen LogP contribution in [-0.2, 0) is 7.05 Å². The third-order valence-corrected chi connectivity index (χ3v) is 5.04. The van der Waals surface area contributed by atoms with Crippen molar-refractivity contribution < 1.29 is 0 Å². The van der Waals surface area contributed by atoms with Gasteiger partial charge in [-0.1, -0.05) is 0 Å². The van der Waals surface area contributed by atoms with Gasteiger partial charge in [-0.25, -0.2) is 9.97 Å². The number of rotatable bonds is 3. The molecule has 1 aliphatic rings. The average Bonchev–Trinajstić information content (AvgIpc) is 2.91.